The van der Waals surface area contributed by atoms with Crippen molar-refractivity contribution in [2.75, 3.05) is 13.6 Å². The fourth-order valence-corrected chi connectivity index (χ4v) is 4.48. The van der Waals surface area contributed by atoms with Crippen LogP contribution in [-0.2, 0) is 10.0 Å². The molecule has 2 rings (SSSR count). The lowest BCUT2D eigenvalue weighted by molar-refractivity contribution is 0.101. The van der Waals surface area contributed by atoms with Crippen molar-refractivity contribution in [2.45, 2.75) is 37.1 Å². The summed E-state index contributed by atoms with van der Waals surface area (Å²) in [6, 6.07) is 6.15. The second kappa shape index (κ2) is 6.25. The maximum absolute atomic E-state index is 12.7. The zero-order valence-electron chi connectivity index (χ0n) is 12.5. The number of ketones is 1. The lowest BCUT2D eigenvalue weighted by Gasteiger charge is -2.28. The molecule has 1 aromatic rings. The quantitative estimate of drug-likeness (QED) is 0.838. The summed E-state index contributed by atoms with van der Waals surface area (Å²) < 4.78 is 26.9. The first-order chi connectivity index (χ1) is 9.87. The average Bonchev–Trinajstić information content (AvgIpc) is 2.94. The summed E-state index contributed by atoms with van der Waals surface area (Å²) in [5.41, 5.74) is 6.15. The van der Waals surface area contributed by atoms with E-state index >= 15 is 0 Å². The van der Waals surface area contributed by atoms with Crippen molar-refractivity contribution in [1.82, 2.24) is 4.31 Å². The predicted octanol–water partition coefficient (Wildman–Crippen LogP) is 1.64. The first-order valence-corrected chi connectivity index (χ1v) is 8.61. The van der Waals surface area contributed by atoms with Crippen LogP contribution in [0, 0.1) is 5.92 Å². The van der Waals surface area contributed by atoms with Crippen LogP contribution in [-0.4, -0.2) is 38.1 Å². The van der Waals surface area contributed by atoms with Gasteiger partial charge in [0.2, 0.25) is 10.0 Å². The van der Waals surface area contributed by atoms with Crippen molar-refractivity contribution < 1.29 is 13.2 Å². The zero-order chi connectivity index (χ0) is 15.6. The summed E-state index contributed by atoms with van der Waals surface area (Å²) in [7, 11) is -1.99. The van der Waals surface area contributed by atoms with Crippen LogP contribution in [0.2, 0.25) is 0 Å². The van der Waals surface area contributed by atoms with Gasteiger partial charge in [0.25, 0.3) is 0 Å². The maximum Gasteiger partial charge on any atom is 0.243 e. The molecule has 0 heterocycles. The minimum Gasteiger partial charge on any atom is -0.330 e. The van der Waals surface area contributed by atoms with Gasteiger partial charge in [-0.15, -0.1) is 0 Å². The molecule has 0 bridgehead atoms. The Hall–Kier alpha value is -1.24. The molecule has 5 nitrogen and oxygen atoms in total. The first-order valence-electron chi connectivity index (χ1n) is 7.17. The van der Waals surface area contributed by atoms with Gasteiger partial charge in [0.15, 0.2) is 5.78 Å². The summed E-state index contributed by atoms with van der Waals surface area (Å²) >= 11 is 0. The molecular formula is C15H22N2O3S. The molecular weight excluding hydrogens is 288 g/mol. The third kappa shape index (κ3) is 3.17. The topological polar surface area (TPSA) is 80.5 Å². The average molecular weight is 310 g/mol. The Labute approximate surface area is 126 Å². The van der Waals surface area contributed by atoms with Gasteiger partial charge in [-0.1, -0.05) is 18.6 Å². The highest BCUT2D eigenvalue weighted by Gasteiger charge is 2.35. The van der Waals surface area contributed by atoms with E-state index in [9.17, 15) is 13.2 Å². The molecule has 1 aliphatic carbocycles. The number of rotatable bonds is 5. The molecule has 0 amide bonds. The zero-order valence-corrected chi connectivity index (χ0v) is 13.3. The molecule has 1 aliphatic rings. The Kier molecular flexibility index (Phi) is 4.81. The number of carbonyl (C=O) groups excluding carboxylic acids is 1. The minimum atomic E-state index is -3.60. The van der Waals surface area contributed by atoms with E-state index < -0.39 is 10.0 Å². The highest BCUT2D eigenvalue weighted by molar-refractivity contribution is 7.89. The Balaban J connectivity index is 2.33. The molecule has 116 valence electrons. The normalized spacial score (nSPS) is 22.7. The lowest BCUT2D eigenvalue weighted by atomic mass is 10.0. The third-order valence-electron chi connectivity index (χ3n) is 4.31. The highest BCUT2D eigenvalue weighted by Crippen LogP contribution is 2.31. The van der Waals surface area contributed by atoms with Gasteiger partial charge >= 0.3 is 0 Å². The number of hydrogen-bond acceptors (Lipinski definition) is 4. The molecule has 2 unspecified atom stereocenters. The van der Waals surface area contributed by atoms with E-state index in [1.165, 1.54) is 23.4 Å². The van der Waals surface area contributed by atoms with Crippen molar-refractivity contribution in [2.24, 2.45) is 11.7 Å². The van der Waals surface area contributed by atoms with Gasteiger partial charge in [-0.3, -0.25) is 4.79 Å². The summed E-state index contributed by atoms with van der Waals surface area (Å²) in [6.45, 7) is 1.93. The van der Waals surface area contributed by atoms with Gasteiger partial charge in [-0.05, 0) is 44.4 Å². The van der Waals surface area contributed by atoms with Gasteiger partial charge < -0.3 is 5.73 Å². The number of benzene rings is 1. The van der Waals surface area contributed by atoms with E-state index in [4.69, 9.17) is 5.73 Å². The second-order valence-corrected chi connectivity index (χ2v) is 7.60. The molecule has 1 saturated carbocycles. The third-order valence-corrected chi connectivity index (χ3v) is 6.18. The maximum atomic E-state index is 12.7. The van der Waals surface area contributed by atoms with Crippen LogP contribution >= 0.6 is 0 Å². The molecule has 0 radical (unpaired) electrons. The molecule has 21 heavy (non-hydrogen) atoms. The van der Waals surface area contributed by atoms with Crippen LogP contribution in [0.1, 0.15) is 36.5 Å². The molecule has 2 atom stereocenters. The molecule has 1 fully saturated rings. The number of sulfonamides is 1. The molecule has 0 saturated heterocycles. The molecule has 0 aliphatic heterocycles. The number of nitrogens with zero attached hydrogens (tertiary/aromatic N) is 1. The fraction of sp³-hybridized carbons (Fsp3) is 0.533. The summed E-state index contributed by atoms with van der Waals surface area (Å²) in [5.74, 6) is 0.0659. The molecule has 0 spiro atoms. The van der Waals surface area contributed by atoms with Gasteiger partial charge in [0.1, 0.15) is 0 Å². The first kappa shape index (κ1) is 16.1. The van der Waals surface area contributed by atoms with Crippen molar-refractivity contribution in [1.29, 1.82) is 0 Å². The number of Topliss-reactive ketones (excluding diaryl/α,β-unsaturated/α-hetero) is 1. The van der Waals surface area contributed by atoms with Crippen molar-refractivity contribution in [3.8, 4) is 0 Å². The Bertz CT molecular complexity index is 628. The minimum absolute atomic E-state index is 0.0546. The van der Waals surface area contributed by atoms with Gasteiger partial charge in [-0.25, -0.2) is 8.42 Å². The van der Waals surface area contributed by atoms with Crippen LogP contribution in [0.15, 0.2) is 29.2 Å². The molecule has 6 heteroatoms. The van der Waals surface area contributed by atoms with E-state index in [-0.39, 0.29) is 22.6 Å². The largest absolute Gasteiger partial charge is 0.330 e. The van der Waals surface area contributed by atoms with Crippen LogP contribution in [0.5, 0.6) is 0 Å². The number of nitrogens with two attached hydrogens (primary N) is 1. The monoisotopic (exact) mass is 310 g/mol. The van der Waals surface area contributed by atoms with Gasteiger partial charge in [0.05, 0.1) is 4.90 Å². The van der Waals surface area contributed by atoms with Crippen LogP contribution in [0.25, 0.3) is 0 Å². The fourth-order valence-electron chi connectivity index (χ4n) is 2.99. The van der Waals surface area contributed by atoms with E-state index in [2.05, 4.69) is 0 Å². The summed E-state index contributed by atoms with van der Waals surface area (Å²) in [6.07, 6.45) is 2.80. The van der Waals surface area contributed by atoms with Crippen molar-refractivity contribution in [3.05, 3.63) is 29.8 Å². The van der Waals surface area contributed by atoms with Crippen LogP contribution in [0.4, 0.5) is 0 Å². The van der Waals surface area contributed by atoms with E-state index in [1.54, 1.807) is 19.2 Å². The van der Waals surface area contributed by atoms with Crippen LogP contribution in [0.3, 0.4) is 0 Å². The van der Waals surface area contributed by atoms with E-state index in [0.717, 1.165) is 19.3 Å². The molecule has 0 aromatic heterocycles. The van der Waals surface area contributed by atoms with Gasteiger partial charge in [0, 0.05) is 18.7 Å². The smallest absolute Gasteiger partial charge is 0.243 e. The Morgan fingerprint density at radius 3 is 2.71 bits per heavy atom. The lowest BCUT2D eigenvalue weighted by Crippen LogP contribution is -2.41. The van der Waals surface area contributed by atoms with Gasteiger partial charge in [-0.2, -0.15) is 4.31 Å². The summed E-state index contributed by atoms with van der Waals surface area (Å²) in [5, 5.41) is 0. The predicted molar refractivity (Wildman–Crippen MR) is 81.6 cm³/mol. The molecule has 1 aromatic carbocycles. The Morgan fingerprint density at radius 1 is 1.38 bits per heavy atom. The second-order valence-electron chi connectivity index (χ2n) is 5.60. The number of carbonyl (C=O) groups is 1. The number of hydrogen-bond donors (Lipinski definition) is 1. The van der Waals surface area contributed by atoms with Crippen LogP contribution < -0.4 is 5.73 Å². The highest BCUT2D eigenvalue weighted by atomic mass is 32.2. The van der Waals surface area contributed by atoms with Crippen molar-refractivity contribution in [3.63, 3.8) is 0 Å². The standard InChI is InChI=1S/C15H22N2O3S/c1-11(18)12-5-3-7-14(9-12)21(19,20)17(2)15-8-4-6-13(15)10-16/h3,5,7,9,13,15H,4,6,8,10,16H2,1-2H3. The summed E-state index contributed by atoms with van der Waals surface area (Å²) in [4.78, 5) is 11.6. The van der Waals surface area contributed by atoms with E-state index in [0.29, 0.717) is 12.1 Å². The van der Waals surface area contributed by atoms with Crippen molar-refractivity contribution >= 4 is 15.8 Å². The SMILES string of the molecule is CC(=O)c1cccc(S(=O)(=O)N(C)C2CCCC2CN)c1. The molecule has 2 N–H and O–H groups in total. The Morgan fingerprint density at radius 2 is 2.10 bits per heavy atom. The van der Waals surface area contributed by atoms with E-state index in [1.807, 2.05) is 0 Å².